The Morgan fingerprint density at radius 1 is 1.60 bits per heavy atom. The summed E-state index contributed by atoms with van der Waals surface area (Å²) >= 11 is 0. The smallest absolute Gasteiger partial charge is 0.320 e. The number of ether oxygens (including phenoxy) is 1. The van der Waals surface area contributed by atoms with Gasteiger partial charge in [0.25, 0.3) is 0 Å². The molecule has 0 saturated heterocycles. The zero-order chi connectivity index (χ0) is 7.98. The van der Waals surface area contributed by atoms with Crippen molar-refractivity contribution in [3.63, 3.8) is 0 Å². The highest BCUT2D eigenvalue weighted by atomic mass is 31.1. The minimum absolute atomic E-state index is 0.00648. The van der Waals surface area contributed by atoms with Gasteiger partial charge in [-0.1, -0.05) is 0 Å². The van der Waals surface area contributed by atoms with Gasteiger partial charge in [0.1, 0.15) is 13.7 Å². The lowest BCUT2D eigenvalue weighted by Crippen LogP contribution is -2.08. The molecule has 0 bridgehead atoms. The van der Waals surface area contributed by atoms with Crippen LogP contribution < -0.4 is 0 Å². The van der Waals surface area contributed by atoms with Crippen LogP contribution in [0.4, 0.5) is 4.79 Å². The van der Waals surface area contributed by atoms with Gasteiger partial charge in [0.2, 0.25) is 0 Å². The summed E-state index contributed by atoms with van der Waals surface area (Å²) in [6.45, 7) is -0.208. The molecular formula is C5H7O4P. The Morgan fingerprint density at radius 2 is 2.20 bits per heavy atom. The van der Waals surface area contributed by atoms with Crippen molar-refractivity contribution in [2.75, 3.05) is 12.8 Å². The quantitative estimate of drug-likeness (QED) is 0.601. The summed E-state index contributed by atoms with van der Waals surface area (Å²) in [6, 6.07) is 0. The van der Waals surface area contributed by atoms with Crippen molar-refractivity contribution >= 4 is 20.1 Å². The van der Waals surface area contributed by atoms with E-state index in [0.29, 0.717) is 0 Å². The molecule has 0 rings (SSSR count). The number of rotatable bonds is 5. The third-order valence-electron chi connectivity index (χ3n) is 0.681. The average Bonchev–Trinajstić information content (AvgIpc) is 1.85. The predicted octanol–water partition coefficient (Wildman–Crippen LogP) is 0.597. The van der Waals surface area contributed by atoms with Gasteiger partial charge >= 0.3 is 5.71 Å². The first kappa shape index (κ1) is 9.53. The number of Topliss-reactive ketones (excluding diaryl/α,β-unsaturated/α-hetero) is 1. The standard InChI is InChI=1S/C5H7O4P/c1-9-2-4(6)3-10-5(7)8/h1,10H,2-3H2,(H,7,8). The average molecular weight is 162 g/mol. The first-order chi connectivity index (χ1) is 4.66. The molecule has 1 N–H and O–H groups in total. The van der Waals surface area contributed by atoms with Crippen molar-refractivity contribution in [1.82, 2.24) is 0 Å². The van der Waals surface area contributed by atoms with Gasteiger partial charge in [-0.3, -0.25) is 4.79 Å². The Labute approximate surface area is 60.3 Å². The molecule has 0 aromatic carbocycles. The Kier molecular flexibility index (Phi) is 5.08. The molecule has 0 aliphatic rings. The number of ketones is 1. The highest BCUT2D eigenvalue weighted by Gasteiger charge is 2.03. The normalized spacial score (nSPS) is 10.5. The fourth-order valence-electron chi connectivity index (χ4n) is 0.318. The van der Waals surface area contributed by atoms with Crippen LogP contribution in [0.3, 0.4) is 0 Å². The summed E-state index contributed by atoms with van der Waals surface area (Å²) in [5, 5.41) is 8.12. The highest BCUT2D eigenvalue weighted by molar-refractivity contribution is 7.57. The van der Waals surface area contributed by atoms with Gasteiger partial charge in [0.15, 0.2) is 5.78 Å². The van der Waals surface area contributed by atoms with Crippen LogP contribution in [0, 0.1) is 7.11 Å². The van der Waals surface area contributed by atoms with Crippen LogP contribution in [0.1, 0.15) is 0 Å². The van der Waals surface area contributed by atoms with Gasteiger partial charge in [0.05, 0.1) is 0 Å². The summed E-state index contributed by atoms with van der Waals surface area (Å²) < 4.78 is 4.00. The Hall–Kier alpha value is -0.470. The molecule has 2 radical (unpaired) electrons. The molecule has 0 aliphatic heterocycles. The molecule has 10 heavy (non-hydrogen) atoms. The lowest BCUT2D eigenvalue weighted by atomic mass is 10.5. The van der Waals surface area contributed by atoms with Gasteiger partial charge < -0.3 is 9.84 Å². The van der Waals surface area contributed by atoms with Crippen molar-refractivity contribution in [3.8, 4) is 0 Å². The van der Waals surface area contributed by atoms with Crippen LogP contribution in [0.25, 0.3) is 0 Å². The largest absolute Gasteiger partial charge is 0.478 e. The van der Waals surface area contributed by atoms with E-state index in [1.54, 1.807) is 0 Å². The van der Waals surface area contributed by atoms with Gasteiger partial charge in [-0.15, -0.1) is 0 Å². The van der Waals surface area contributed by atoms with Crippen LogP contribution >= 0.6 is 8.58 Å². The minimum atomic E-state index is -0.967. The molecule has 0 aliphatic carbocycles. The van der Waals surface area contributed by atoms with Crippen molar-refractivity contribution in [2.45, 2.75) is 0 Å². The Balaban J connectivity index is 3.30. The number of carbonyl (C=O) groups is 2. The molecule has 0 aromatic heterocycles. The topological polar surface area (TPSA) is 63.6 Å². The molecule has 1 unspecified atom stereocenters. The Bertz CT molecular complexity index is 134. The van der Waals surface area contributed by atoms with E-state index in [0.717, 1.165) is 0 Å². The van der Waals surface area contributed by atoms with Crippen molar-refractivity contribution in [2.24, 2.45) is 0 Å². The molecule has 0 saturated carbocycles. The summed E-state index contributed by atoms with van der Waals surface area (Å²) in [7, 11) is 4.18. The van der Waals surface area contributed by atoms with Crippen LogP contribution in [0.15, 0.2) is 0 Å². The fourth-order valence-corrected chi connectivity index (χ4v) is 0.769. The molecule has 4 nitrogen and oxygen atoms in total. The highest BCUT2D eigenvalue weighted by Crippen LogP contribution is 2.09. The fraction of sp³-hybridized carbons (Fsp3) is 0.400. The maximum Gasteiger partial charge on any atom is 0.320 e. The second-order valence-corrected chi connectivity index (χ2v) is 2.64. The summed E-state index contributed by atoms with van der Waals surface area (Å²) in [6.07, 6.45) is 0.00648. The van der Waals surface area contributed by atoms with Crippen molar-refractivity contribution in [3.05, 3.63) is 7.11 Å². The molecule has 56 valence electrons. The lowest BCUT2D eigenvalue weighted by molar-refractivity contribution is -0.119. The lowest BCUT2D eigenvalue weighted by Gasteiger charge is -1.94. The summed E-state index contributed by atoms with van der Waals surface area (Å²) in [5.41, 5.74) is -0.967. The van der Waals surface area contributed by atoms with Gasteiger partial charge in [-0.25, -0.2) is 4.79 Å². The van der Waals surface area contributed by atoms with Crippen molar-refractivity contribution < 1.29 is 19.4 Å². The molecule has 0 aromatic rings. The molecule has 0 heterocycles. The maximum absolute atomic E-state index is 10.5. The van der Waals surface area contributed by atoms with Gasteiger partial charge in [0, 0.05) is 14.7 Å². The van der Waals surface area contributed by atoms with Crippen molar-refractivity contribution in [1.29, 1.82) is 0 Å². The van der Waals surface area contributed by atoms with E-state index in [1.165, 1.54) is 0 Å². The van der Waals surface area contributed by atoms with E-state index in [-0.39, 0.29) is 27.1 Å². The monoisotopic (exact) mass is 162 g/mol. The number of carboxylic acid groups (broad SMARTS) is 1. The Morgan fingerprint density at radius 3 is 2.60 bits per heavy atom. The molecule has 0 amide bonds. The zero-order valence-electron chi connectivity index (χ0n) is 5.16. The van der Waals surface area contributed by atoms with Gasteiger partial charge in [-0.2, -0.15) is 0 Å². The predicted molar refractivity (Wildman–Crippen MR) is 36.5 cm³/mol. The van der Waals surface area contributed by atoms with Gasteiger partial charge in [-0.05, 0) is 0 Å². The van der Waals surface area contributed by atoms with E-state index >= 15 is 0 Å². The molecule has 0 spiro atoms. The second-order valence-electron chi connectivity index (χ2n) is 1.51. The number of hydrogen-bond acceptors (Lipinski definition) is 3. The number of carbonyl (C=O) groups excluding carboxylic acids is 1. The SMILES string of the molecule is [CH]OCC(=O)CPC(=O)O. The van der Waals surface area contributed by atoms with Crippen LogP contribution in [-0.4, -0.2) is 29.4 Å². The van der Waals surface area contributed by atoms with E-state index in [2.05, 4.69) is 11.8 Å². The third kappa shape index (κ3) is 5.66. The zero-order valence-corrected chi connectivity index (χ0v) is 6.16. The first-order valence-electron chi connectivity index (χ1n) is 2.47. The van der Waals surface area contributed by atoms with Crippen LogP contribution in [-0.2, 0) is 9.53 Å². The molecule has 5 heteroatoms. The third-order valence-corrected chi connectivity index (χ3v) is 1.55. The van der Waals surface area contributed by atoms with E-state index in [4.69, 9.17) is 5.11 Å². The molecule has 1 atom stereocenters. The summed E-state index contributed by atoms with van der Waals surface area (Å²) in [4.78, 5) is 20.4. The van der Waals surface area contributed by atoms with E-state index < -0.39 is 5.71 Å². The van der Waals surface area contributed by atoms with E-state index in [1.807, 2.05) is 0 Å². The minimum Gasteiger partial charge on any atom is -0.478 e. The number of hydrogen-bond donors (Lipinski definition) is 1. The molecular weight excluding hydrogens is 155 g/mol. The first-order valence-corrected chi connectivity index (χ1v) is 3.67. The second kappa shape index (κ2) is 5.33. The van der Waals surface area contributed by atoms with E-state index in [9.17, 15) is 9.59 Å². The summed E-state index contributed by atoms with van der Waals surface area (Å²) in [5.74, 6) is -0.289. The van der Waals surface area contributed by atoms with Crippen LogP contribution in [0.5, 0.6) is 0 Å². The maximum atomic E-state index is 10.5. The van der Waals surface area contributed by atoms with Crippen LogP contribution in [0.2, 0.25) is 0 Å². The molecule has 0 fully saturated rings.